The van der Waals surface area contributed by atoms with Crippen molar-refractivity contribution in [3.05, 3.63) is 12.8 Å². The molecule has 2 aliphatic heterocycles. The third-order valence-corrected chi connectivity index (χ3v) is 4.31. The van der Waals surface area contributed by atoms with E-state index in [9.17, 15) is 4.79 Å². The summed E-state index contributed by atoms with van der Waals surface area (Å²) < 4.78 is 0. The van der Waals surface area contributed by atoms with Crippen LogP contribution in [0.3, 0.4) is 0 Å². The third-order valence-electron chi connectivity index (χ3n) is 4.31. The molecule has 3 heteroatoms. The standard InChI is InChI=1S/C14H24N2O/c1-3-12-5-10-16(11-12)14(17)13-6-8-15(4-2)9-7-13/h4,12-13H,2-3,5-11H2,1H3/t12-/m1/s1. The summed E-state index contributed by atoms with van der Waals surface area (Å²) in [4.78, 5) is 16.6. The van der Waals surface area contributed by atoms with Gasteiger partial charge in [0.15, 0.2) is 0 Å². The molecule has 0 bridgehead atoms. The molecule has 2 fully saturated rings. The Morgan fingerprint density at radius 3 is 2.53 bits per heavy atom. The van der Waals surface area contributed by atoms with E-state index in [2.05, 4.69) is 23.3 Å². The minimum absolute atomic E-state index is 0.266. The fraction of sp³-hybridized carbons (Fsp3) is 0.786. The molecule has 0 aliphatic carbocycles. The first kappa shape index (κ1) is 12.5. The van der Waals surface area contributed by atoms with Crippen molar-refractivity contribution in [3.8, 4) is 0 Å². The maximum absolute atomic E-state index is 12.3. The first-order chi connectivity index (χ1) is 8.24. The number of hydrogen-bond acceptors (Lipinski definition) is 2. The van der Waals surface area contributed by atoms with Gasteiger partial charge in [0, 0.05) is 32.1 Å². The summed E-state index contributed by atoms with van der Waals surface area (Å²) in [5, 5.41) is 0. The van der Waals surface area contributed by atoms with Crippen molar-refractivity contribution in [1.29, 1.82) is 0 Å². The maximum atomic E-state index is 12.3. The van der Waals surface area contributed by atoms with Gasteiger partial charge in [-0.2, -0.15) is 0 Å². The average molecular weight is 236 g/mol. The number of amides is 1. The number of likely N-dealkylation sites (tertiary alicyclic amines) is 2. The van der Waals surface area contributed by atoms with Crippen molar-refractivity contribution in [2.24, 2.45) is 11.8 Å². The van der Waals surface area contributed by atoms with Crippen molar-refractivity contribution in [3.63, 3.8) is 0 Å². The molecule has 0 unspecified atom stereocenters. The molecule has 2 heterocycles. The van der Waals surface area contributed by atoms with Gasteiger partial charge in [0.25, 0.3) is 0 Å². The molecular formula is C14H24N2O. The lowest BCUT2D eigenvalue weighted by atomic mass is 9.95. The predicted molar refractivity (Wildman–Crippen MR) is 69.5 cm³/mol. The molecule has 0 spiro atoms. The van der Waals surface area contributed by atoms with E-state index in [1.54, 1.807) is 0 Å². The highest BCUT2D eigenvalue weighted by atomic mass is 16.2. The summed E-state index contributed by atoms with van der Waals surface area (Å²) in [6.45, 7) is 9.97. The van der Waals surface area contributed by atoms with E-state index in [-0.39, 0.29) is 5.92 Å². The van der Waals surface area contributed by atoms with Crippen molar-refractivity contribution >= 4 is 5.91 Å². The van der Waals surface area contributed by atoms with Crippen LogP contribution in [0, 0.1) is 11.8 Å². The van der Waals surface area contributed by atoms with E-state index in [0.29, 0.717) is 5.91 Å². The Labute approximate surface area is 104 Å². The molecule has 0 aromatic carbocycles. The third kappa shape index (κ3) is 2.82. The second-order valence-corrected chi connectivity index (χ2v) is 5.34. The van der Waals surface area contributed by atoms with Crippen LogP contribution in [-0.2, 0) is 4.79 Å². The van der Waals surface area contributed by atoms with Crippen LogP contribution >= 0.6 is 0 Å². The quantitative estimate of drug-likeness (QED) is 0.749. The fourth-order valence-electron chi connectivity index (χ4n) is 2.95. The van der Waals surface area contributed by atoms with Crippen LogP contribution in [0.1, 0.15) is 32.6 Å². The van der Waals surface area contributed by atoms with Gasteiger partial charge in [-0.1, -0.05) is 19.9 Å². The molecule has 96 valence electrons. The molecule has 1 amide bonds. The summed E-state index contributed by atoms with van der Waals surface area (Å²) in [7, 11) is 0. The zero-order valence-corrected chi connectivity index (χ0v) is 10.9. The number of piperidine rings is 1. The Kier molecular flexibility index (Phi) is 4.08. The molecule has 0 aromatic heterocycles. The summed E-state index contributed by atoms with van der Waals surface area (Å²) in [5.74, 6) is 1.42. The normalized spacial score (nSPS) is 26.3. The summed E-state index contributed by atoms with van der Waals surface area (Å²) >= 11 is 0. The van der Waals surface area contributed by atoms with Crippen molar-refractivity contribution in [1.82, 2.24) is 9.80 Å². The minimum Gasteiger partial charge on any atom is -0.378 e. The van der Waals surface area contributed by atoms with Gasteiger partial charge in [0.1, 0.15) is 0 Å². The van der Waals surface area contributed by atoms with Crippen molar-refractivity contribution in [2.75, 3.05) is 26.2 Å². The zero-order chi connectivity index (χ0) is 12.3. The largest absolute Gasteiger partial charge is 0.378 e. The molecule has 0 radical (unpaired) electrons. The van der Waals surface area contributed by atoms with Gasteiger partial charge in [0.2, 0.25) is 5.91 Å². The van der Waals surface area contributed by atoms with E-state index in [1.165, 1.54) is 12.8 Å². The van der Waals surface area contributed by atoms with Gasteiger partial charge in [-0.25, -0.2) is 0 Å². The molecule has 2 aliphatic rings. The number of nitrogens with zero attached hydrogens (tertiary/aromatic N) is 2. The van der Waals surface area contributed by atoms with Crippen LogP contribution in [0.15, 0.2) is 12.8 Å². The summed E-state index contributed by atoms with van der Waals surface area (Å²) in [5.41, 5.74) is 0. The van der Waals surface area contributed by atoms with Crippen LogP contribution in [0.4, 0.5) is 0 Å². The average Bonchev–Trinajstić information content (AvgIpc) is 2.87. The smallest absolute Gasteiger partial charge is 0.225 e. The van der Waals surface area contributed by atoms with E-state index in [1.807, 2.05) is 6.20 Å². The zero-order valence-electron chi connectivity index (χ0n) is 10.9. The Bertz CT molecular complexity index is 282. The number of rotatable bonds is 3. The number of carbonyl (C=O) groups excluding carboxylic acids is 1. The van der Waals surface area contributed by atoms with Crippen molar-refractivity contribution in [2.45, 2.75) is 32.6 Å². The van der Waals surface area contributed by atoms with Gasteiger partial charge < -0.3 is 9.80 Å². The Balaban J connectivity index is 1.83. The SMILES string of the molecule is C=CN1CCC(C(=O)N2CC[C@@H](CC)C2)CC1. The van der Waals surface area contributed by atoms with Crippen LogP contribution in [0.5, 0.6) is 0 Å². The molecule has 0 N–H and O–H groups in total. The second-order valence-electron chi connectivity index (χ2n) is 5.34. The summed E-state index contributed by atoms with van der Waals surface area (Å²) in [6, 6.07) is 0. The number of hydrogen-bond donors (Lipinski definition) is 0. The second kappa shape index (κ2) is 5.56. The predicted octanol–water partition coefficient (Wildman–Crippen LogP) is 2.10. The Hall–Kier alpha value is -0.990. The van der Waals surface area contributed by atoms with E-state index >= 15 is 0 Å². The Morgan fingerprint density at radius 2 is 2.00 bits per heavy atom. The molecule has 17 heavy (non-hydrogen) atoms. The first-order valence-corrected chi connectivity index (χ1v) is 6.90. The highest BCUT2D eigenvalue weighted by molar-refractivity contribution is 5.79. The molecule has 2 saturated heterocycles. The lowest BCUT2D eigenvalue weighted by Crippen LogP contribution is -2.40. The van der Waals surface area contributed by atoms with Crippen LogP contribution in [-0.4, -0.2) is 41.9 Å². The molecular weight excluding hydrogens is 212 g/mol. The Morgan fingerprint density at radius 1 is 1.29 bits per heavy atom. The monoisotopic (exact) mass is 236 g/mol. The first-order valence-electron chi connectivity index (χ1n) is 6.90. The van der Waals surface area contributed by atoms with Crippen LogP contribution in [0.2, 0.25) is 0 Å². The van der Waals surface area contributed by atoms with E-state index < -0.39 is 0 Å². The van der Waals surface area contributed by atoms with Gasteiger partial charge in [-0.15, -0.1) is 0 Å². The lowest BCUT2D eigenvalue weighted by Gasteiger charge is -2.32. The number of carbonyl (C=O) groups is 1. The van der Waals surface area contributed by atoms with Gasteiger partial charge in [-0.05, 0) is 31.4 Å². The maximum Gasteiger partial charge on any atom is 0.225 e. The molecule has 3 nitrogen and oxygen atoms in total. The minimum atomic E-state index is 0.266. The van der Waals surface area contributed by atoms with Crippen molar-refractivity contribution < 1.29 is 4.79 Å². The van der Waals surface area contributed by atoms with Crippen LogP contribution in [0.25, 0.3) is 0 Å². The lowest BCUT2D eigenvalue weighted by molar-refractivity contribution is -0.135. The van der Waals surface area contributed by atoms with Gasteiger partial charge in [0.05, 0.1) is 0 Å². The highest BCUT2D eigenvalue weighted by Crippen LogP contribution is 2.25. The fourth-order valence-corrected chi connectivity index (χ4v) is 2.95. The van der Waals surface area contributed by atoms with Gasteiger partial charge in [-0.3, -0.25) is 4.79 Å². The molecule has 2 rings (SSSR count). The molecule has 0 saturated carbocycles. The summed E-state index contributed by atoms with van der Waals surface area (Å²) in [6.07, 6.45) is 6.30. The highest BCUT2D eigenvalue weighted by Gasteiger charge is 2.31. The molecule has 1 atom stereocenters. The van der Waals surface area contributed by atoms with E-state index in [0.717, 1.165) is 44.9 Å². The molecule has 0 aromatic rings. The van der Waals surface area contributed by atoms with Crippen LogP contribution < -0.4 is 0 Å². The van der Waals surface area contributed by atoms with E-state index in [4.69, 9.17) is 0 Å². The van der Waals surface area contributed by atoms with Gasteiger partial charge >= 0.3 is 0 Å². The topological polar surface area (TPSA) is 23.6 Å².